The highest BCUT2D eigenvalue weighted by atomic mass is 35.5. The maximum absolute atomic E-state index is 11.7. The summed E-state index contributed by atoms with van der Waals surface area (Å²) >= 11 is 13.1. The lowest BCUT2D eigenvalue weighted by Gasteiger charge is -2.05. The molecule has 0 bridgehead atoms. The van der Waals surface area contributed by atoms with Crippen molar-refractivity contribution in [3.8, 4) is 0 Å². The minimum Gasteiger partial charge on any atom is -0.326 e. The number of rotatable bonds is 5. The number of amides is 2. The van der Waals surface area contributed by atoms with E-state index in [9.17, 15) is 9.59 Å². The third-order valence-corrected chi connectivity index (χ3v) is 3.99. The summed E-state index contributed by atoms with van der Waals surface area (Å²) in [4.78, 5) is 24.2. The molecule has 2 amide bonds. The average Bonchev–Trinajstić information content (AvgIpc) is 2.96. The Morgan fingerprint density at radius 3 is 2.68 bits per heavy atom. The fourth-order valence-corrected chi connectivity index (χ4v) is 2.38. The standard InChI is InChI=1S/C14H11Cl2N3O2S/c15-11-4-3-9(6-12(11)16)18-13(20)7-14(21)19-17-8-10-2-1-5-22-10/h1-6,8H,7H2,(H,18,20)(H,19,21)/b17-8-. The molecule has 22 heavy (non-hydrogen) atoms. The number of anilines is 1. The number of halogens is 2. The van der Waals surface area contributed by atoms with Crippen molar-refractivity contribution in [3.05, 3.63) is 50.6 Å². The zero-order chi connectivity index (χ0) is 15.9. The van der Waals surface area contributed by atoms with Crippen LogP contribution < -0.4 is 10.7 Å². The molecule has 0 aliphatic rings. The third kappa shape index (κ3) is 5.14. The normalized spacial score (nSPS) is 10.6. The highest BCUT2D eigenvalue weighted by Gasteiger charge is 2.09. The number of thiophene rings is 1. The van der Waals surface area contributed by atoms with Crippen LogP contribution >= 0.6 is 34.5 Å². The number of hydrogen-bond donors (Lipinski definition) is 2. The summed E-state index contributed by atoms with van der Waals surface area (Å²) in [6, 6.07) is 8.40. The monoisotopic (exact) mass is 355 g/mol. The second kappa shape index (κ2) is 7.93. The van der Waals surface area contributed by atoms with Crippen LogP contribution in [-0.2, 0) is 9.59 Å². The Kier molecular flexibility index (Phi) is 5.94. The number of hydrogen-bond acceptors (Lipinski definition) is 4. The second-order valence-corrected chi connectivity index (χ2v) is 5.96. The molecule has 1 heterocycles. The van der Waals surface area contributed by atoms with E-state index in [-0.39, 0.29) is 6.42 Å². The molecule has 1 aromatic carbocycles. The third-order valence-electron chi connectivity index (χ3n) is 2.45. The van der Waals surface area contributed by atoms with Gasteiger partial charge in [0.05, 0.1) is 16.3 Å². The van der Waals surface area contributed by atoms with E-state index in [1.165, 1.54) is 23.6 Å². The molecule has 5 nitrogen and oxygen atoms in total. The van der Waals surface area contributed by atoms with Gasteiger partial charge in [0.15, 0.2) is 0 Å². The van der Waals surface area contributed by atoms with Crippen LogP contribution in [0.15, 0.2) is 40.8 Å². The predicted octanol–water partition coefficient (Wildman–Crippen LogP) is 3.53. The quantitative estimate of drug-likeness (QED) is 0.489. The molecule has 0 aliphatic carbocycles. The number of carbonyl (C=O) groups excluding carboxylic acids is 2. The van der Waals surface area contributed by atoms with Crippen LogP contribution in [0.4, 0.5) is 5.69 Å². The van der Waals surface area contributed by atoms with Gasteiger partial charge in [0, 0.05) is 10.6 Å². The molecule has 0 fully saturated rings. The van der Waals surface area contributed by atoms with Crippen molar-refractivity contribution in [1.29, 1.82) is 0 Å². The summed E-state index contributed by atoms with van der Waals surface area (Å²) in [7, 11) is 0. The van der Waals surface area contributed by atoms with Gasteiger partial charge in [-0.1, -0.05) is 29.3 Å². The van der Waals surface area contributed by atoms with Gasteiger partial charge in [-0.25, -0.2) is 5.43 Å². The molecule has 0 saturated carbocycles. The van der Waals surface area contributed by atoms with Gasteiger partial charge in [0.25, 0.3) is 0 Å². The summed E-state index contributed by atoms with van der Waals surface area (Å²) in [6.07, 6.45) is 1.17. The maximum Gasteiger partial charge on any atom is 0.249 e. The molecule has 2 aromatic rings. The fraction of sp³-hybridized carbons (Fsp3) is 0.0714. The van der Waals surface area contributed by atoms with E-state index >= 15 is 0 Å². The summed E-state index contributed by atoms with van der Waals surface area (Å²) in [5, 5.41) is 8.93. The van der Waals surface area contributed by atoms with Crippen molar-refractivity contribution in [3.63, 3.8) is 0 Å². The van der Waals surface area contributed by atoms with Crippen LogP contribution in [0, 0.1) is 0 Å². The van der Waals surface area contributed by atoms with Crippen LogP contribution in [-0.4, -0.2) is 18.0 Å². The van der Waals surface area contributed by atoms with E-state index in [4.69, 9.17) is 23.2 Å². The summed E-state index contributed by atoms with van der Waals surface area (Å²) in [6.45, 7) is 0. The van der Waals surface area contributed by atoms with Gasteiger partial charge in [-0.05, 0) is 29.6 Å². The van der Waals surface area contributed by atoms with Gasteiger partial charge >= 0.3 is 0 Å². The molecular weight excluding hydrogens is 345 g/mol. The Hall–Kier alpha value is -1.89. The van der Waals surface area contributed by atoms with Crippen molar-refractivity contribution in [2.24, 2.45) is 5.10 Å². The largest absolute Gasteiger partial charge is 0.326 e. The van der Waals surface area contributed by atoms with E-state index in [1.54, 1.807) is 12.1 Å². The van der Waals surface area contributed by atoms with Gasteiger partial charge in [0.2, 0.25) is 11.8 Å². The lowest BCUT2D eigenvalue weighted by atomic mass is 10.3. The highest BCUT2D eigenvalue weighted by molar-refractivity contribution is 7.11. The zero-order valence-corrected chi connectivity index (χ0v) is 13.5. The van der Waals surface area contributed by atoms with Gasteiger partial charge in [-0.15, -0.1) is 11.3 Å². The minimum atomic E-state index is -0.509. The first kappa shape index (κ1) is 16.5. The van der Waals surface area contributed by atoms with Crippen LogP contribution in [0.25, 0.3) is 0 Å². The molecule has 2 N–H and O–H groups in total. The van der Waals surface area contributed by atoms with E-state index < -0.39 is 11.8 Å². The molecule has 0 unspecified atom stereocenters. The Morgan fingerprint density at radius 2 is 2.00 bits per heavy atom. The van der Waals surface area contributed by atoms with E-state index in [2.05, 4.69) is 15.8 Å². The fourth-order valence-electron chi connectivity index (χ4n) is 1.50. The van der Waals surface area contributed by atoms with Gasteiger partial charge in [-0.3, -0.25) is 9.59 Å². The van der Waals surface area contributed by atoms with E-state index in [0.29, 0.717) is 15.7 Å². The smallest absolute Gasteiger partial charge is 0.249 e. The molecule has 8 heteroatoms. The van der Waals surface area contributed by atoms with Crippen molar-refractivity contribution in [1.82, 2.24) is 5.43 Å². The van der Waals surface area contributed by atoms with Crippen LogP contribution in [0.5, 0.6) is 0 Å². The second-order valence-electron chi connectivity index (χ2n) is 4.16. The van der Waals surface area contributed by atoms with Crippen molar-refractivity contribution in [2.45, 2.75) is 6.42 Å². The minimum absolute atomic E-state index is 0.324. The van der Waals surface area contributed by atoms with Crippen LogP contribution in [0.3, 0.4) is 0 Å². The Bertz CT molecular complexity index is 702. The van der Waals surface area contributed by atoms with Crippen molar-refractivity contribution in [2.75, 3.05) is 5.32 Å². The van der Waals surface area contributed by atoms with Crippen molar-refractivity contribution < 1.29 is 9.59 Å². The first-order chi connectivity index (χ1) is 10.5. The molecule has 1 aromatic heterocycles. The SMILES string of the molecule is O=C(CC(=O)Nc1ccc(Cl)c(Cl)c1)N/N=C\c1cccs1. The lowest BCUT2D eigenvalue weighted by Crippen LogP contribution is -2.24. The zero-order valence-electron chi connectivity index (χ0n) is 11.2. The molecule has 0 radical (unpaired) electrons. The maximum atomic E-state index is 11.7. The first-order valence-electron chi connectivity index (χ1n) is 6.15. The van der Waals surface area contributed by atoms with Gasteiger partial charge < -0.3 is 5.32 Å². The number of benzene rings is 1. The topological polar surface area (TPSA) is 70.6 Å². The number of hydrazone groups is 1. The van der Waals surface area contributed by atoms with Crippen LogP contribution in [0.2, 0.25) is 10.0 Å². The molecule has 0 atom stereocenters. The lowest BCUT2D eigenvalue weighted by molar-refractivity contribution is -0.126. The molecule has 114 valence electrons. The number of carbonyl (C=O) groups is 2. The Morgan fingerprint density at radius 1 is 1.18 bits per heavy atom. The van der Waals surface area contributed by atoms with E-state index in [1.807, 2.05) is 17.5 Å². The van der Waals surface area contributed by atoms with Gasteiger partial charge in [0.1, 0.15) is 6.42 Å². The number of nitrogens with one attached hydrogen (secondary N) is 2. The van der Waals surface area contributed by atoms with Crippen molar-refractivity contribution >= 4 is 58.3 Å². The van der Waals surface area contributed by atoms with Gasteiger partial charge in [-0.2, -0.15) is 5.10 Å². The number of nitrogens with zero attached hydrogens (tertiary/aromatic N) is 1. The molecule has 0 saturated heterocycles. The predicted molar refractivity (Wildman–Crippen MR) is 89.8 cm³/mol. The molecular formula is C14H11Cl2N3O2S. The molecule has 2 rings (SSSR count). The summed E-state index contributed by atoms with van der Waals surface area (Å²) in [5.41, 5.74) is 2.75. The Balaban J connectivity index is 1.81. The highest BCUT2D eigenvalue weighted by Crippen LogP contribution is 2.24. The Labute approximate surface area is 140 Å². The summed E-state index contributed by atoms with van der Waals surface area (Å²) in [5.74, 6) is -0.979. The first-order valence-corrected chi connectivity index (χ1v) is 7.78. The van der Waals surface area contributed by atoms with Crippen LogP contribution in [0.1, 0.15) is 11.3 Å². The molecule has 0 spiro atoms. The summed E-state index contributed by atoms with van der Waals surface area (Å²) < 4.78 is 0. The molecule has 0 aliphatic heterocycles. The average molecular weight is 356 g/mol. The van der Waals surface area contributed by atoms with E-state index in [0.717, 1.165) is 4.88 Å².